The third-order valence-electron chi connectivity index (χ3n) is 4.33. The highest BCUT2D eigenvalue weighted by Crippen LogP contribution is 2.18. The maximum absolute atomic E-state index is 11.9. The van der Waals surface area contributed by atoms with Gasteiger partial charge in [-0.1, -0.05) is 24.3 Å². The van der Waals surface area contributed by atoms with Crippen molar-refractivity contribution in [2.75, 3.05) is 25.4 Å². The lowest BCUT2D eigenvalue weighted by atomic mass is 10.00. The lowest BCUT2D eigenvalue weighted by molar-refractivity contribution is -0.118. The first-order chi connectivity index (χ1) is 12.2. The predicted octanol–water partition coefficient (Wildman–Crippen LogP) is 3.25. The van der Waals surface area contributed by atoms with Crippen LogP contribution in [0.4, 0.5) is 0 Å². The summed E-state index contributed by atoms with van der Waals surface area (Å²) in [6, 6.07) is 8.70. The Morgan fingerprint density at radius 3 is 3.00 bits per heavy atom. The topological polar surface area (TPSA) is 45.2 Å². The van der Waals surface area contributed by atoms with E-state index in [0.29, 0.717) is 5.75 Å². The van der Waals surface area contributed by atoms with Gasteiger partial charge in [0.05, 0.1) is 16.5 Å². The molecule has 0 saturated heterocycles. The minimum Gasteiger partial charge on any atom is -0.355 e. The standard InChI is InChI=1S/C19H25N3OS2/c1-15-21-18(13-25-15)12-24-14-19(23)20-8-4-9-22-10-7-16-5-2-3-6-17(16)11-22/h2-3,5-6,13H,4,7-12,14H2,1H3,(H,20,23). The number of rotatable bonds is 8. The molecule has 1 aromatic heterocycles. The summed E-state index contributed by atoms with van der Waals surface area (Å²) in [7, 11) is 0. The Morgan fingerprint density at radius 2 is 2.20 bits per heavy atom. The molecule has 0 fully saturated rings. The molecule has 0 unspecified atom stereocenters. The number of hydrogen-bond donors (Lipinski definition) is 1. The second-order valence-corrected chi connectivity index (χ2v) is 8.40. The summed E-state index contributed by atoms with van der Waals surface area (Å²) in [5.41, 5.74) is 4.01. The van der Waals surface area contributed by atoms with E-state index in [1.165, 1.54) is 11.1 Å². The number of carbonyl (C=O) groups excluding carboxylic acids is 1. The van der Waals surface area contributed by atoms with Gasteiger partial charge in [-0.3, -0.25) is 9.69 Å². The normalized spacial score (nSPS) is 14.3. The Bertz CT molecular complexity index is 701. The summed E-state index contributed by atoms with van der Waals surface area (Å²) >= 11 is 3.29. The maximum Gasteiger partial charge on any atom is 0.230 e. The smallest absolute Gasteiger partial charge is 0.230 e. The van der Waals surface area contributed by atoms with Crippen LogP contribution in [0.5, 0.6) is 0 Å². The lowest BCUT2D eigenvalue weighted by Gasteiger charge is -2.28. The van der Waals surface area contributed by atoms with Gasteiger partial charge in [0, 0.05) is 37.3 Å². The van der Waals surface area contributed by atoms with Crippen LogP contribution in [0.15, 0.2) is 29.6 Å². The molecule has 1 aliphatic heterocycles. The van der Waals surface area contributed by atoms with Gasteiger partial charge < -0.3 is 5.32 Å². The Labute approximate surface area is 158 Å². The molecule has 1 amide bonds. The average Bonchev–Trinajstić information content (AvgIpc) is 3.04. The van der Waals surface area contributed by atoms with Crippen LogP contribution < -0.4 is 5.32 Å². The van der Waals surface area contributed by atoms with Crippen molar-refractivity contribution in [3.63, 3.8) is 0 Å². The van der Waals surface area contributed by atoms with Crippen LogP contribution in [0, 0.1) is 6.92 Å². The zero-order valence-corrected chi connectivity index (χ0v) is 16.3. The van der Waals surface area contributed by atoms with E-state index >= 15 is 0 Å². The van der Waals surface area contributed by atoms with Crippen molar-refractivity contribution >= 4 is 29.0 Å². The fraction of sp³-hybridized carbons (Fsp3) is 0.474. The number of benzene rings is 1. The van der Waals surface area contributed by atoms with Gasteiger partial charge in [-0.05, 0) is 30.9 Å². The zero-order valence-electron chi connectivity index (χ0n) is 14.7. The number of hydrogen-bond acceptors (Lipinski definition) is 5. The third-order valence-corrected chi connectivity index (χ3v) is 6.12. The molecule has 0 atom stereocenters. The highest BCUT2D eigenvalue weighted by atomic mass is 32.2. The highest BCUT2D eigenvalue weighted by Gasteiger charge is 2.14. The van der Waals surface area contributed by atoms with E-state index in [-0.39, 0.29) is 5.91 Å². The SMILES string of the molecule is Cc1nc(CSCC(=O)NCCCN2CCc3ccccc3C2)cs1. The van der Waals surface area contributed by atoms with E-state index < -0.39 is 0 Å². The molecule has 4 nitrogen and oxygen atoms in total. The van der Waals surface area contributed by atoms with E-state index in [2.05, 4.69) is 44.8 Å². The molecule has 3 rings (SSSR count). The number of nitrogens with zero attached hydrogens (tertiary/aromatic N) is 2. The molecular formula is C19H25N3OS2. The molecule has 1 aliphatic rings. The molecule has 1 aromatic carbocycles. The summed E-state index contributed by atoms with van der Waals surface area (Å²) in [4.78, 5) is 18.8. The maximum atomic E-state index is 11.9. The van der Waals surface area contributed by atoms with Crippen LogP contribution in [-0.2, 0) is 23.5 Å². The monoisotopic (exact) mass is 375 g/mol. The predicted molar refractivity (Wildman–Crippen MR) is 106 cm³/mol. The average molecular weight is 376 g/mol. The number of thioether (sulfide) groups is 1. The molecule has 2 aromatic rings. The van der Waals surface area contributed by atoms with Gasteiger partial charge in [0.1, 0.15) is 0 Å². The van der Waals surface area contributed by atoms with E-state index in [0.717, 1.165) is 55.5 Å². The molecule has 0 aliphatic carbocycles. The van der Waals surface area contributed by atoms with Gasteiger partial charge >= 0.3 is 0 Å². The molecule has 2 heterocycles. The second-order valence-electron chi connectivity index (χ2n) is 6.35. The molecule has 0 spiro atoms. The van der Waals surface area contributed by atoms with Crippen molar-refractivity contribution in [2.24, 2.45) is 0 Å². The van der Waals surface area contributed by atoms with E-state index in [9.17, 15) is 4.79 Å². The first kappa shape index (κ1) is 18.4. The van der Waals surface area contributed by atoms with Gasteiger partial charge in [-0.2, -0.15) is 0 Å². The number of amides is 1. The summed E-state index contributed by atoms with van der Waals surface area (Å²) in [5, 5.41) is 6.18. The van der Waals surface area contributed by atoms with Gasteiger partial charge in [0.25, 0.3) is 0 Å². The number of carbonyl (C=O) groups is 1. The number of aryl methyl sites for hydroxylation is 1. The van der Waals surface area contributed by atoms with Crippen LogP contribution in [0.3, 0.4) is 0 Å². The number of nitrogens with one attached hydrogen (secondary N) is 1. The molecule has 0 saturated carbocycles. The molecule has 0 bridgehead atoms. The Hall–Kier alpha value is -1.37. The Kier molecular flexibility index (Phi) is 6.90. The number of aromatic nitrogens is 1. The van der Waals surface area contributed by atoms with Crippen LogP contribution in [0.25, 0.3) is 0 Å². The van der Waals surface area contributed by atoms with Gasteiger partial charge in [-0.25, -0.2) is 4.98 Å². The summed E-state index contributed by atoms with van der Waals surface area (Å²) in [6.45, 7) is 5.96. The van der Waals surface area contributed by atoms with Crippen LogP contribution in [-0.4, -0.2) is 41.2 Å². The number of thiazole rings is 1. The molecule has 0 radical (unpaired) electrons. The zero-order chi connectivity index (χ0) is 17.5. The fourth-order valence-corrected chi connectivity index (χ4v) is 4.51. The van der Waals surface area contributed by atoms with Crippen molar-refractivity contribution in [3.8, 4) is 0 Å². The molecule has 6 heteroatoms. The third kappa shape index (κ3) is 5.83. The van der Waals surface area contributed by atoms with Crippen LogP contribution in [0.2, 0.25) is 0 Å². The van der Waals surface area contributed by atoms with E-state index in [1.54, 1.807) is 23.1 Å². The van der Waals surface area contributed by atoms with E-state index in [4.69, 9.17) is 0 Å². The Morgan fingerprint density at radius 1 is 1.36 bits per heavy atom. The van der Waals surface area contributed by atoms with Crippen molar-refractivity contribution < 1.29 is 4.79 Å². The van der Waals surface area contributed by atoms with Crippen molar-refractivity contribution in [1.29, 1.82) is 0 Å². The molecule has 134 valence electrons. The highest BCUT2D eigenvalue weighted by molar-refractivity contribution is 7.99. The molecule has 1 N–H and O–H groups in total. The lowest BCUT2D eigenvalue weighted by Crippen LogP contribution is -2.34. The second kappa shape index (κ2) is 9.36. The first-order valence-electron chi connectivity index (χ1n) is 8.75. The Balaban J connectivity index is 1.26. The van der Waals surface area contributed by atoms with Crippen molar-refractivity contribution in [2.45, 2.75) is 32.1 Å². The van der Waals surface area contributed by atoms with E-state index in [1.807, 2.05) is 6.92 Å². The van der Waals surface area contributed by atoms with Crippen LogP contribution in [0.1, 0.15) is 28.2 Å². The minimum atomic E-state index is 0.126. The van der Waals surface area contributed by atoms with Crippen molar-refractivity contribution in [3.05, 3.63) is 51.5 Å². The van der Waals surface area contributed by atoms with Crippen LogP contribution >= 0.6 is 23.1 Å². The molecule has 25 heavy (non-hydrogen) atoms. The number of fused-ring (bicyclic) bond motifs is 1. The summed E-state index contributed by atoms with van der Waals surface area (Å²) in [5.74, 6) is 1.44. The van der Waals surface area contributed by atoms with Crippen molar-refractivity contribution in [1.82, 2.24) is 15.2 Å². The summed E-state index contributed by atoms with van der Waals surface area (Å²) in [6.07, 6.45) is 2.14. The quantitative estimate of drug-likeness (QED) is 0.720. The largest absolute Gasteiger partial charge is 0.355 e. The minimum absolute atomic E-state index is 0.126. The first-order valence-corrected chi connectivity index (χ1v) is 10.8. The molecular weight excluding hydrogens is 350 g/mol. The van der Waals surface area contributed by atoms with Gasteiger partial charge in [-0.15, -0.1) is 23.1 Å². The summed E-state index contributed by atoms with van der Waals surface area (Å²) < 4.78 is 0. The fourth-order valence-electron chi connectivity index (χ4n) is 3.05. The van der Waals surface area contributed by atoms with Gasteiger partial charge in [0.2, 0.25) is 5.91 Å². The van der Waals surface area contributed by atoms with Gasteiger partial charge in [0.15, 0.2) is 0 Å².